The van der Waals surface area contributed by atoms with E-state index in [1.165, 1.54) is 35.6 Å². The summed E-state index contributed by atoms with van der Waals surface area (Å²) in [5.74, 6) is -1.22. The average molecular weight is 370 g/mol. The number of rotatable bonds is 4. The van der Waals surface area contributed by atoms with Crippen molar-refractivity contribution in [2.75, 3.05) is 7.05 Å². The summed E-state index contributed by atoms with van der Waals surface area (Å²) in [4.78, 5) is 16.3. The number of benzene rings is 2. The van der Waals surface area contributed by atoms with Crippen LogP contribution >= 0.6 is 11.3 Å². The number of nitrogens with two attached hydrogens (primary N) is 1. The van der Waals surface area contributed by atoms with Gasteiger partial charge in [0.15, 0.2) is 0 Å². The van der Waals surface area contributed by atoms with Gasteiger partial charge in [-0.2, -0.15) is 5.10 Å². The first kappa shape index (κ1) is 17.6. The number of hydrogen-bond acceptors (Lipinski definition) is 5. The Hall–Kier alpha value is -3.26. The molecular formula is C18H15FN4O2S. The van der Waals surface area contributed by atoms with E-state index in [-0.39, 0.29) is 17.1 Å². The van der Waals surface area contributed by atoms with Crippen molar-refractivity contribution in [2.45, 2.75) is 0 Å². The van der Waals surface area contributed by atoms with E-state index < -0.39 is 5.91 Å². The number of aromatic nitrogens is 1. The van der Waals surface area contributed by atoms with Crippen LogP contribution in [0.5, 0.6) is 5.75 Å². The lowest BCUT2D eigenvalue weighted by Crippen LogP contribution is -2.13. The highest BCUT2D eigenvalue weighted by molar-refractivity contribution is 7.07. The molecule has 26 heavy (non-hydrogen) atoms. The van der Waals surface area contributed by atoms with Gasteiger partial charge in [-0.1, -0.05) is 12.1 Å². The second-order valence-electron chi connectivity index (χ2n) is 5.33. The van der Waals surface area contributed by atoms with Crippen LogP contribution in [-0.4, -0.2) is 29.0 Å². The first-order chi connectivity index (χ1) is 12.5. The Labute approximate surface area is 152 Å². The number of phenols is 1. The molecule has 0 aliphatic rings. The molecule has 8 heteroatoms. The van der Waals surface area contributed by atoms with Gasteiger partial charge in [-0.25, -0.2) is 9.07 Å². The summed E-state index contributed by atoms with van der Waals surface area (Å²) in [7, 11) is 1.64. The average Bonchev–Trinajstić information content (AvgIpc) is 3.04. The molecule has 1 aromatic heterocycles. The van der Waals surface area contributed by atoms with Crippen molar-refractivity contribution in [1.29, 1.82) is 0 Å². The number of thiazole rings is 1. The van der Waals surface area contributed by atoms with Gasteiger partial charge in [-0.05, 0) is 35.9 Å². The lowest BCUT2D eigenvalue weighted by atomic mass is 10.1. The van der Waals surface area contributed by atoms with Crippen LogP contribution in [0.2, 0.25) is 0 Å². The zero-order chi connectivity index (χ0) is 18.7. The summed E-state index contributed by atoms with van der Waals surface area (Å²) in [6.45, 7) is 0. The van der Waals surface area contributed by atoms with Crippen LogP contribution < -0.4 is 10.5 Å². The Morgan fingerprint density at radius 2 is 2.00 bits per heavy atom. The number of amides is 1. The van der Waals surface area contributed by atoms with Crippen LogP contribution in [0, 0.1) is 5.82 Å². The van der Waals surface area contributed by atoms with E-state index in [9.17, 15) is 14.3 Å². The molecule has 0 bridgehead atoms. The molecule has 0 radical (unpaired) electrons. The fraction of sp³-hybridized carbons (Fsp3) is 0.0556. The second-order valence-corrected chi connectivity index (χ2v) is 6.17. The Bertz CT molecular complexity index is 1050. The Balaban J connectivity index is 2.08. The third-order valence-corrected chi connectivity index (χ3v) is 4.53. The standard InChI is InChI=1S/C18H15FN4O2S/c1-21-18-23(22-9-11-2-5-13(19)6-3-11)15(10-26-18)12-4-7-16(24)14(8-12)17(20)25/h2-10,24H,1H3,(H2,20,25)/b21-18?,22-9-. The number of nitrogens with zero attached hydrogens (tertiary/aromatic N) is 3. The van der Waals surface area contributed by atoms with Crippen molar-refractivity contribution < 1.29 is 14.3 Å². The number of halogens is 1. The molecule has 3 N–H and O–H groups in total. The molecule has 0 spiro atoms. The normalized spacial score (nSPS) is 12.0. The summed E-state index contributed by atoms with van der Waals surface area (Å²) in [5, 5.41) is 16.0. The Morgan fingerprint density at radius 3 is 2.65 bits per heavy atom. The SMILES string of the molecule is CN=c1scc(-c2ccc(O)c(C(N)=O)c2)n1/N=C\c1ccc(F)cc1. The number of hydrogen-bond donors (Lipinski definition) is 2. The topological polar surface area (TPSA) is 93.0 Å². The van der Waals surface area contributed by atoms with Crippen LogP contribution in [0.1, 0.15) is 15.9 Å². The maximum Gasteiger partial charge on any atom is 0.252 e. The third-order valence-electron chi connectivity index (χ3n) is 3.63. The highest BCUT2D eigenvalue weighted by atomic mass is 32.1. The molecule has 1 heterocycles. The third kappa shape index (κ3) is 3.55. The molecular weight excluding hydrogens is 355 g/mol. The fourth-order valence-electron chi connectivity index (χ4n) is 2.33. The molecule has 0 saturated heterocycles. The van der Waals surface area contributed by atoms with E-state index >= 15 is 0 Å². The van der Waals surface area contributed by atoms with E-state index in [1.54, 1.807) is 36.1 Å². The molecule has 0 aliphatic carbocycles. The Kier molecular flexibility index (Phi) is 4.94. The fourth-order valence-corrected chi connectivity index (χ4v) is 3.13. The Morgan fingerprint density at radius 1 is 1.27 bits per heavy atom. The van der Waals surface area contributed by atoms with Crippen LogP contribution in [0.3, 0.4) is 0 Å². The maximum atomic E-state index is 13.0. The molecule has 0 atom stereocenters. The lowest BCUT2D eigenvalue weighted by molar-refractivity contribution is 0.0998. The first-order valence-electron chi connectivity index (χ1n) is 7.56. The molecule has 132 valence electrons. The molecule has 0 aliphatic heterocycles. The van der Waals surface area contributed by atoms with Gasteiger partial charge in [-0.3, -0.25) is 9.79 Å². The number of carbonyl (C=O) groups excluding carboxylic acids is 1. The zero-order valence-electron chi connectivity index (χ0n) is 13.8. The molecule has 3 rings (SSSR count). The molecule has 0 unspecified atom stereocenters. The van der Waals surface area contributed by atoms with Crippen molar-refractivity contribution in [1.82, 2.24) is 4.68 Å². The predicted molar refractivity (Wildman–Crippen MR) is 98.8 cm³/mol. The molecule has 3 aromatic rings. The maximum absolute atomic E-state index is 13.0. The highest BCUT2D eigenvalue weighted by Gasteiger charge is 2.13. The molecule has 0 fully saturated rings. The molecule has 6 nitrogen and oxygen atoms in total. The van der Waals surface area contributed by atoms with Crippen molar-refractivity contribution in [3.63, 3.8) is 0 Å². The van der Waals surface area contributed by atoms with E-state index in [2.05, 4.69) is 10.1 Å². The summed E-state index contributed by atoms with van der Waals surface area (Å²) in [6, 6.07) is 10.5. The van der Waals surface area contributed by atoms with E-state index in [1.807, 2.05) is 5.38 Å². The van der Waals surface area contributed by atoms with Crippen LogP contribution in [-0.2, 0) is 0 Å². The van der Waals surface area contributed by atoms with Crippen molar-refractivity contribution in [3.8, 4) is 17.0 Å². The van der Waals surface area contributed by atoms with Gasteiger partial charge >= 0.3 is 0 Å². The van der Waals surface area contributed by atoms with E-state index in [4.69, 9.17) is 5.73 Å². The number of aromatic hydroxyl groups is 1. The van der Waals surface area contributed by atoms with Gasteiger partial charge in [0, 0.05) is 18.0 Å². The van der Waals surface area contributed by atoms with Crippen molar-refractivity contribution in [2.24, 2.45) is 15.8 Å². The predicted octanol–water partition coefficient (Wildman–Crippen LogP) is 2.57. The monoisotopic (exact) mass is 370 g/mol. The largest absolute Gasteiger partial charge is 0.507 e. The minimum Gasteiger partial charge on any atom is -0.507 e. The smallest absolute Gasteiger partial charge is 0.252 e. The van der Waals surface area contributed by atoms with Gasteiger partial charge in [0.05, 0.1) is 17.5 Å². The van der Waals surface area contributed by atoms with E-state index in [0.29, 0.717) is 16.1 Å². The van der Waals surface area contributed by atoms with Gasteiger partial charge < -0.3 is 10.8 Å². The van der Waals surface area contributed by atoms with Gasteiger partial charge in [0.1, 0.15) is 11.6 Å². The number of carbonyl (C=O) groups is 1. The van der Waals surface area contributed by atoms with Crippen molar-refractivity contribution in [3.05, 3.63) is 69.6 Å². The van der Waals surface area contributed by atoms with E-state index in [0.717, 1.165) is 5.56 Å². The zero-order valence-corrected chi connectivity index (χ0v) is 14.6. The van der Waals surface area contributed by atoms with Crippen LogP contribution in [0.25, 0.3) is 11.3 Å². The molecule has 1 amide bonds. The first-order valence-corrected chi connectivity index (χ1v) is 8.44. The van der Waals surface area contributed by atoms with Crippen molar-refractivity contribution >= 4 is 23.5 Å². The summed E-state index contributed by atoms with van der Waals surface area (Å²) < 4.78 is 14.6. The minimum absolute atomic E-state index is 0.0257. The summed E-state index contributed by atoms with van der Waals surface area (Å²) >= 11 is 1.37. The van der Waals surface area contributed by atoms with Crippen LogP contribution in [0.4, 0.5) is 4.39 Å². The van der Waals surface area contributed by atoms with Gasteiger partial charge in [-0.15, -0.1) is 11.3 Å². The summed E-state index contributed by atoms with van der Waals surface area (Å²) in [6.07, 6.45) is 1.58. The minimum atomic E-state index is -0.721. The lowest BCUT2D eigenvalue weighted by Gasteiger charge is -2.06. The van der Waals surface area contributed by atoms with Crippen LogP contribution in [0.15, 0.2) is 57.9 Å². The van der Waals surface area contributed by atoms with Gasteiger partial charge in [0.25, 0.3) is 5.91 Å². The highest BCUT2D eigenvalue weighted by Crippen LogP contribution is 2.26. The summed E-state index contributed by atoms with van der Waals surface area (Å²) in [5.41, 5.74) is 7.37. The molecule has 0 saturated carbocycles. The van der Waals surface area contributed by atoms with Gasteiger partial charge in [0.2, 0.25) is 4.80 Å². The quantitative estimate of drug-likeness (QED) is 0.691. The number of primary amides is 1. The second kappa shape index (κ2) is 7.32. The molecule has 2 aromatic carbocycles.